The first-order valence-electron chi connectivity index (χ1n) is 6.80. The van der Waals surface area contributed by atoms with E-state index >= 15 is 0 Å². The molecule has 0 unspecified atom stereocenters. The van der Waals surface area contributed by atoms with Gasteiger partial charge in [-0.25, -0.2) is 0 Å². The summed E-state index contributed by atoms with van der Waals surface area (Å²) >= 11 is 0. The second kappa shape index (κ2) is 8.32. The molecule has 110 valence electrons. The van der Waals surface area contributed by atoms with Gasteiger partial charge in [-0.05, 0) is 45.1 Å². The van der Waals surface area contributed by atoms with Crippen molar-refractivity contribution in [2.75, 3.05) is 27.2 Å². The van der Waals surface area contributed by atoms with Gasteiger partial charge in [0.05, 0.1) is 0 Å². The Kier molecular flexibility index (Phi) is 6.73. The lowest BCUT2D eigenvalue weighted by Crippen LogP contribution is -2.27. The van der Waals surface area contributed by atoms with Gasteiger partial charge in [-0.15, -0.1) is 0 Å². The van der Waals surface area contributed by atoms with E-state index in [1.54, 1.807) is 12.1 Å². The lowest BCUT2D eigenvalue weighted by atomic mass is 10.0. The molecule has 0 fully saturated rings. The van der Waals surface area contributed by atoms with Crippen LogP contribution in [0.25, 0.3) is 0 Å². The van der Waals surface area contributed by atoms with Crippen LogP contribution in [0.5, 0.6) is 0 Å². The van der Waals surface area contributed by atoms with Crippen molar-refractivity contribution in [2.45, 2.75) is 19.3 Å². The number of carbonyl (C=O) groups is 2. The third kappa shape index (κ3) is 5.84. The average Bonchev–Trinajstić information content (AvgIpc) is 2.41. The molecule has 0 heterocycles. The Hall–Kier alpha value is -1.88. The van der Waals surface area contributed by atoms with Crippen LogP contribution in [0.1, 0.15) is 28.8 Å². The Balaban J connectivity index is 2.36. The van der Waals surface area contributed by atoms with Crippen molar-refractivity contribution in [3.05, 3.63) is 35.4 Å². The highest BCUT2D eigenvalue weighted by Crippen LogP contribution is 2.10. The van der Waals surface area contributed by atoms with Gasteiger partial charge in [-0.2, -0.15) is 0 Å². The number of primary amides is 1. The average molecular weight is 277 g/mol. The van der Waals surface area contributed by atoms with Crippen molar-refractivity contribution in [1.82, 2.24) is 10.2 Å². The Morgan fingerprint density at radius 3 is 2.60 bits per heavy atom. The maximum absolute atomic E-state index is 11.7. The van der Waals surface area contributed by atoms with Gasteiger partial charge in [0.2, 0.25) is 11.8 Å². The molecule has 5 heteroatoms. The number of hydrogen-bond acceptors (Lipinski definition) is 3. The fourth-order valence-electron chi connectivity index (χ4n) is 1.94. The Bertz CT molecular complexity index is 458. The van der Waals surface area contributed by atoms with E-state index in [4.69, 9.17) is 5.73 Å². The summed E-state index contributed by atoms with van der Waals surface area (Å²) in [7, 11) is 4.01. The first kappa shape index (κ1) is 16.2. The molecule has 0 atom stereocenters. The SMILES string of the molecule is CN(C)CCCNC(=O)CCc1ccccc1C(N)=O. The van der Waals surface area contributed by atoms with Gasteiger partial charge >= 0.3 is 0 Å². The van der Waals surface area contributed by atoms with Crippen molar-refractivity contribution >= 4 is 11.8 Å². The van der Waals surface area contributed by atoms with Gasteiger partial charge in [0.1, 0.15) is 0 Å². The largest absolute Gasteiger partial charge is 0.366 e. The standard InChI is InChI=1S/C15H23N3O2/c1-18(2)11-5-10-17-14(19)9-8-12-6-3-4-7-13(12)15(16)20/h3-4,6-7H,5,8-11H2,1-2H3,(H2,16,20)(H,17,19). The molecule has 20 heavy (non-hydrogen) atoms. The molecular formula is C15H23N3O2. The maximum atomic E-state index is 11.7. The number of aryl methyl sites for hydroxylation is 1. The summed E-state index contributed by atoms with van der Waals surface area (Å²) in [6.07, 6.45) is 1.82. The number of rotatable bonds is 8. The van der Waals surface area contributed by atoms with Crippen molar-refractivity contribution in [1.29, 1.82) is 0 Å². The summed E-state index contributed by atoms with van der Waals surface area (Å²) < 4.78 is 0. The Labute approximate surface area is 120 Å². The van der Waals surface area contributed by atoms with Gasteiger partial charge in [-0.1, -0.05) is 18.2 Å². The molecule has 0 radical (unpaired) electrons. The molecule has 0 aliphatic heterocycles. The number of nitrogens with two attached hydrogens (primary N) is 1. The molecule has 0 saturated carbocycles. The van der Waals surface area contributed by atoms with E-state index in [0.29, 0.717) is 24.9 Å². The summed E-state index contributed by atoms with van der Waals surface area (Å²) in [6.45, 7) is 1.62. The molecule has 0 aromatic heterocycles. The van der Waals surface area contributed by atoms with Gasteiger partial charge in [0.25, 0.3) is 0 Å². The van der Waals surface area contributed by atoms with Crippen LogP contribution >= 0.6 is 0 Å². The molecular weight excluding hydrogens is 254 g/mol. The van der Waals surface area contributed by atoms with Gasteiger partial charge in [-0.3, -0.25) is 9.59 Å². The number of amides is 2. The predicted molar refractivity (Wildman–Crippen MR) is 79.5 cm³/mol. The zero-order chi connectivity index (χ0) is 15.0. The van der Waals surface area contributed by atoms with Crippen molar-refractivity contribution < 1.29 is 9.59 Å². The summed E-state index contributed by atoms with van der Waals surface area (Å²) in [5.41, 5.74) is 6.62. The molecule has 0 spiro atoms. The van der Waals surface area contributed by atoms with Crippen LogP contribution < -0.4 is 11.1 Å². The fraction of sp³-hybridized carbons (Fsp3) is 0.467. The van der Waals surface area contributed by atoms with Crippen LogP contribution in [0.4, 0.5) is 0 Å². The Morgan fingerprint density at radius 1 is 1.25 bits per heavy atom. The minimum absolute atomic E-state index is 0.00281. The molecule has 0 bridgehead atoms. The van der Waals surface area contributed by atoms with Crippen LogP contribution in [0.2, 0.25) is 0 Å². The zero-order valence-electron chi connectivity index (χ0n) is 12.2. The zero-order valence-corrected chi connectivity index (χ0v) is 12.2. The predicted octanol–water partition coefficient (Wildman–Crippen LogP) is 0.786. The summed E-state index contributed by atoms with van der Waals surface area (Å²) in [6, 6.07) is 7.13. The Morgan fingerprint density at radius 2 is 1.95 bits per heavy atom. The van der Waals surface area contributed by atoms with E-state index in [1.807, 2.05) is 26.2 Å². The highest BCUT2D eigenvalue weighted by molar-refractivity contribution is 5.94. The maximum Gasteiger partial charge on any atom is 0.248 e. The second-order valence-electron chi connectivity index (χ2n) is 5.03. The quantitative estimate of drug-likeness (QED) is 0.690. The highest BCUT2D eigenvalue weighted by Gasteiger charge is 2.09. The smallest absolute Gasteiger partial charge is 0.248 e. The molecule has 1 aromatic rings. The van der Waals surface area contributed by atoms with Gasteiger partial charge in [0.15, 0.2) is 0 Å². The number of nitrogens with zero attached hydrogens (tertiary/aromatic N) is 1. The third-order valence-corrected chi connectivity index (χ3v) is 3.01. The van der Waals surface area contributed by atoms with E-state index in [9.17, 15) is 9.59 Å². The molecule has 2 amide bonds. The molecule has 0 aliphatic carbocycles. The van der Waals surface area contributed by atoms with E-state index in [0.717, 1.165) is 18.5 Å². The topological polar surface area (TPSA) is 75.4 Å². The lowest BCUT2D eigenvalue weighted by Gasteiger charge is -2.10. The monoisotopic (exact) mass is 277 g/mol. The van der Waals surface area contributed by atoms with Crippen molar-refractivity contribution in [2.24, 2.45) is 5.73 Å². The first-order valence-corrected chi connectivity index (χ1v) is 6.80. The summed E-state index contributed by atoms with van der Waals surface area (Å²) in [5, 5.41) is 2.88. The highest BCUT2D eigenvalue weighted by atomic mass is 16.1. The minimum Gasteiger partial charge on any atom is -0.366 e. The molecule has 1 rings (SSSR count). The molecule has 3 N–H and O–H groups in total. The number of nitrogens with one attached hydrogen (secondary N) is 1. The second-order valence-corrected chi connectivity index (χ2v) is 5.03. The molecule has 0 saturated heterocycles. The fourth-order valence-corrected chi connectivity index (χ4v) is 1.94. The van der Waals surface area contributed by atoms with Crippen LogP contribution in [-0.2, 0) is 11.2 Å². The third-order valence-electron chi connectivity index (χ3n) is 3.01. The van der Waals surface area contributed by atoms with E-state index in [-0.39, 0.29) is 5.91 Å². The molecule has 1 aromatic carbocycles. The first-order chi connectivity index (χ1) is 9.50. The molecule has 5 nitrogen and oxygen atoms in total. The van der Waals surface area contributed by atoms with E-state index in [1.165, 1.54) is 0 Å². The number of hydrogen-bond donors (Lipinski definition) is 2. The van der Waals surface area contributed by atoms with E-state index in [2.05, 4.69) is 10.2 Å². The summed E-state index contributed by atoms with van der Waals surface area (Å²) in [4.78, 5) is 25.0. The van der Waals surface area contributed by atoms with Crippen LogP contribution in [0.15, 0.2) is 24.3 Å². The minimum atomic E-state index is -0.452. The van der Waals surface area contributed by atoms with Crippen molar-refractivity contribution in [3.8, 4) is 0 Å². The van der Waals surface area contributed by atoms with Crippen LogP contribution in [0.3, 0.4) is 0 Å². The lowest BCUT2D eigenvalue weighted by molar-refractivity contribution is -0.121. The number of carbonyl (C=O) groups excluding carboxylic acids is 2. The number of benzene rings is 1. The van der Waals surface area contributed by atoms with Gasteiger partial charge < -0.3 is 16.0 Å². The van der Waals surface area contributed by atoms with Crippen molar-refractivity contribution in [3.63, 3.8) is 0 Å². The normalized spacial score (nSPS) is 10.6. The molecule has 0 aliphatic rings. The van der Waals surface area contributed by atoms with Crippen LogP contribution in [-0.4, -0.2) is 43.9 Å². The van der Waals surface area contributed by atoms with E-state index < -0.39 is 5.91 Å². The summed E-state index contributed by atoms with van der Waals surface area (Å²) in [5.74, 6) is -0.449. The van der Waals surface area contributed by atoms with Crippen LogP contribution in [0, 0.1) is 0 Å². The van der Waals surface area contributed by atoms with Gasteiger partial charge in [0, 0.05) is 18.5 Å².